The monoisotopic (exact) mass is 276 g/mol. The summed E-state index contributed by atoms with van der Waals surface area (Å²) < 4.78 is 0. The van der Waals surface area contributed by atoms with Crippen molar-refractivity contribution in [3.05, 3.63) is 29.8 Å². The summed E-state index contributed by atoms with van der Waals surface area (Å²) in [5.41, 5.74) is 2.73. The molecule has 0 spiro atoms. The Morgan fingerprint density at radius 2 is 1.80 bits per heavy atom. The van der Waals surface area contributed by atoms with Crippen molar-refractivity contribution >= 4 is 5.69 Å². The summed E-state index contributed by atoms with van der Waals surface area (Å²) in [7, 11) is 0. The lowest BCUT2D eigenvalue weighted by Crippen LogP contribution is -2.36. The molecule has 2 nitrogen and oxygen atoms in total. The van der Waals surface area contributed by atoms with Gasteiger partial charge >= 0.3 is 0 Å². The molecular weight excluding hydrogens is 244 g/mol. The van der Waals surface area contributed by atoms with Crippen molar-refractivity contribution < 1.29 is 0 Å². The lowest BCUT2D eigenvalue weighted by atomic mass is 10.0. The number of nitrogens with one attached hydrogen (secondary N) is 1. The Labute approximate surface area is 125 Å². The van der Waals surface area contributed by atoms with E-state index in [1.165, 1.54) is 24.1 Å². The van der Waals surface area contributed by atoms with Crippen LogP contribution in [0.2, 0.25) is 0 Å². The summed E-state index contributed by atoms with van der Waals surface area (Å²) in [4.78, 5) is 2.46. The van der Waals surface area contributed by atoms with Gasteiger partial charge in [-0.15, -0.1) is 0 Å². The number of benzene rings is 1. The molecular formula is C18H32N2. The maximum absolute atomic E-state index is 3.65. The molecule has 1 aromatic carbocycles. The number of para-hydroxylation sites is 1. The van der Waals surface area contributed by atoms with E-state index < -0.39 is 0 Å². The Morgan fingerprint density at radius 1 is 1.10 bits per heavy atom. The van der Waals surface area contributed by atoms with E-state index in [2.05, 4.69) is 69.1 Å². The highest BCUT2D eigenvalue weighted by atomic mass is 15.1. The van der Waals surface area contributed by atoms with Gasteiger partial charge in [0.2, 0.25) is 0 Å². The first-order chi connectivity index (χ1) is 9.54. The summed E-state index contributed by atoms with van der Waals surface area (Å²) in [6, 6.07) is 9.27. The molecule has 2 heteroatoms. The van der Waals surface area contributed by atoms with E-state index in [0.717, 1.165) is 25.6 Å². The van der Waals surface area contributed by atoms with E-state index in [1.807, 2.05) is 0 Å². The van der Waals surface area contributed by atoms with Crippen molar-refractivity contribution in [1.29, 1.82) is 0 Å². The summed E-state index contributed by atoms with van der Waals surface area (Å²) in [6.07, 6.45) is 2.58. The SMILES string of the molecule is CCN(CCNC(C)CCC(C)C)c1ccccc1C. The van der Waals surface area contributed by atoms with Gasteiger partial charge in [-0.3, -0.25) is 0 Å². The van der Waals surface area contributed by atoms with Crippen LogP contribution < -0.4 is 10.2 Å². The number of hydrogen-bond acceptors (Lipinski definition) is 2. The zero-order chi connectivity index (χ0) is 15.0. The highest BCUT2D eigenvalue weighted by molar-refractivity contribution is 5.52. The van der Waals surface area contributed by atoms with Crippen LogP contribution in [0.3, 0.4) is 0 Å². The lowest BCUT2D eigenvalue weighted by molar-refractivity contribution is 0.453. The van der Waals surface area contributed by atoms with Crippen LogP contribution in [0.4, 0.5) is 5.69 Å². The van der Waals surface area contributed by atoms with Gasteiger partial charge in [-0.1, -0.05) is 32.0 Å². The predicted octanol–water partition coefficient (Wildman–Crippen LogP) is 4.24. The van der Waals surface area contributed by atoms with Crippen molar-refractivity contribution in [2.24, 2.45) is 5.92 Å². The highest BCUT2D eigenvalue weighted by Crippen LogP contribution is 2.18. The third-order valence-corrected chi connectivity index (χ3v) is 3.89. The van der Waals surface area contributed by atoms with E-state index in [-0.39, 0.29) is 0 Å². The molecule has 0 fully saturated rings. The largest absolute Gasteiger partial charge is 0.370 e. The van der Waals surface area contributed by atoms with Crippen molar-refractivity contribution in [1.82, 2.24) is 5.32 Å². The molecule has 0 bridgehead atoms. The second-order valence-electron chi connectivity index (χ2n) is 6.19. The normalized spacial score (nSPS) is 12.7. The summed E-state index contributed by atoms with van der Waals surface area (Å²) in [5, 5.41) is 3.65. The van der Waals surface area contributed by atoms with Gasteiger partial charge in [-0.25, -0.2) is 0 Å². The summed E-state index contributed by atoms with van der Waals surface area (Å²) in [6.45, 7) is 14.5. The Kier molecular flexibility index (Phi) is 7.68. The average molecular weight is 276 g/mol. The van der Waals surface area contributed by atoms with Crippen LogP contribution in [-0.4, -0.2) is 25.7 Å². The molecule has 1 unspecified atom stereocenters. The topological polar surface area (TPSA) is 15.3 Å². The van der Waals surface area contributed by atoms with Crippen molar-refractivity contribution in [3.8, 4) is 0 Å². The van der Waals surface area contributed by atoms with Crippen LogP contribution in [0.25, 0.3) is 0 Å². The predicted molar refractivity (Wildman–Crippen MR) is 90.6 cm³/mol. The molecule has 0 saturated carbocycles. The summed E-state index contributed by atoms with van der Waals surface area (Å²) >= 11 is 0. The second-order valence-corrected chi connectivity index (χ2v) is 6.19. The number of hydrogen-bond donors (Lipinski definition) is 1. The maximum atomic E-state index is 3.65. The van der Waals surface area contributed by atoms with Crippen LogP contribution in [0.1, 0.15) is 46.1 Å². The number of anilines is 1. The second kappa shape index (κ2) is 9.02. The quantitative estimate of drug-likeness (QED) is 0.726. The van der Waals surface area contributed by atoms with Crippen LogP contribution in [0.5, 0.6) is 0 Å². The van der Waals surface area contributed by atoms with Gasteiger partial charge in [-0.05, 0) is 51.2 Å². The molecule has 0 radical (unpaired) electrons. The number of aryl methyl sites for hydroxylation is 1. The van der Waals surface area contributed by atoms with E-state index in [9.17, 15) is 0 Å². The molecule has 0 aromatic heterocycles. The highest BCUT2D eigenvalue weighted by Gasteiger charge is 2.08. The standard InChI is InChI=1S/C18H32N2/c1-6-20(18-10-8-7-9-16(18)4)14-13-19-17(5)12-11-15(2)3/h7-10,15,17,19H,6,11-14H2,1-5H3. The minimum Gasteiger partial charge on any atom is -0.370 e. The van der Waals surface area contributed by atoms with Crippen LogP contribution in [-0.2, 0) is 0 Å². The minimum atomic E-state index is 0.618. The fourth-order valence-electron chi connectivity index (χ4n) is 2.50. The molecule has 0 aliphatic rings. The van der Waals surface area contributed by atoms with Gasteiger partial charge in [-0.2, -0.15) is 0 Å². The van der Waals surface area contributed by atoms with Crippen molar-refractivity contribution in [2.75, 3.05) is 24.5 Å². The van der Waals surface area contributed by atoms with Crippen LogP contribution >= 0.6 is 0 Å². The zero-order valence-electron chi connectivity index (χ0n) is 13.9. The Balaban J connectivity index is 2.37. The molecule has 114 valence electrons. The maximum Gasteiger partial charge on any atom is 0.0396 e. The molecule has 1 aromatic rings. The smallest absolute Gasteiger partial charge is 0.0396 e. The molecule has 0 heterocycles. The number of rotatable bonds is 9. The third kappa shape index (κ3) is 5.96. The fraction of sp³-hybridized carbons (Fsp3) is 0.667. The van der Waals surface area contributed by atoms with Crippen LogP contribution in [0.15, 0.2) is 24.3 Å². The fourth-order valence-corrected chi connectivity index (χ4v) is 2.50. The van der Waals surface area contributed by atoms with Gasteiger partial charge in [0.25, 0.3) is 0 Å². The number of nitrogens with zero attached hydrogens (tertiary/aromatic N) is 1. The van der Waals surface area contributed by atoms with E-state index in [0.29, 0.717) is 6.04 Å². The molecule has 0 aliphatic heterocycles. The van der Waals surface area contributed by atoms with Gasteiger partial charge in [0.1, 0.15) is 0 Å². The van der Waals surface area contributed by atoms with Gasteiger partial charge in [0, 0.05) is 31.4 Å². The van der Waals surface area contributed by atoms with Gasteiger partial charge < -0.3 is 10.2 Å². The molecule has 20 heavy (non-hydrogen) atoms. The Hall–Kier alpha value is -1.02. The average Bonchev–Trinajstić information content (AvgIpc) is 2.42. The Bertz CT molecular complexity index is 373. The number of likely N-dealkylation sites (N-methyl/N-ethyl adjacent to an activating group) is 1. The van der Waals surface area contributed by atoms with Crippen LogP contribution in [0, 0.1) is 12.8 Å². The van der Waals surface area contributed by atoms with Crippen molar-refractivity contribution in [3.63, 3.8) is 0 Å². The molecule has 1 rings (SSSR count). The van der Waals surface area contributed by atoms with E-state index in [1.54, 1.807) is 0 Å². The first-order valence-corrected chi connectivity index (χ1v) is 8.08. The van der Waals surface area contributed by atoms with Crippen molar-refractivity contribution in [2.45, 2.75) is 53.5 Å². The lowest BCUT2D eigenvalue weighted by Gasteiger charge is -2.26. The van der Waals surface area contributed by atoms with Gasteiger partial charge in [0.05, 0.1) is 0 Å². The molecule has 1 N–H and O–H groups in total. The molecule has 0 aliphatic carbocycles. The molecule has 0 amide bonds. The first kappa shape index (κ1) is 17.0. The Morgan fingerprint density at radius 3 is 2.40 bits per heavy atom. The molecule has 0 saturated heterocycles. The van der Waals surface area contributed by atoms with E-state index in [4.69, 9.17) is 0 Å². The summed E-state index contributed by atoms with van der Waals surface area (Å²) in [5.74, 6) is 0.804. The van der Waals surface area contributed by atoms with E-state index >= 15 is 0 Å². The molecule has 1 atom stereocenters. The minimum absolute atomic E-state index is 0.618. The first-order valence-electron chi connectivity index (χ1n) is 8.08. The third-order valence-electron chi connectivity index (χ3n) is 3.89. The zero-order valence-corrected chi connectivity index (χ0v) is 13.9. The van der Waals surface area contributed by atoms with Gasteiger partial charge in [0.15, 0.2) is 0 Å².